The van der Waals surface area contributed by atoms with Crippen molar-refractivity contribution in [2.75, 3.05) is 6.61 Å². The zero-order valence-electron chi connectivity index (χ0n) is 7.48. The summed E-state index contributed by atoms with van der Waals surface area (Å²) in [7, 11) is 0. The molecule has 1 unspecified atom stereocenters. The van der Waals surface area contributed by atoms with Crippen molar-refractivity contribution in [3.8, 4) is 0 Å². The zero-order valence-corrected chi connectivity index (χ0v) is 7.48. The molecule has 0 aromatic rings. The minimum atomic E-state index is 0.399. The van der Waals surface area contributed by atoms with Gasteiger partial charge in [-0.3, -0.25) is 0 Å². The van der Waals surface area contributed by atoms with E-state index in [9.17, 15) is 0 Å². The molecule has 1 rings (SSSR count). The Bertz CT molecular complexity index is 116. The molecule has 10 heavy (non-hydrogen) atoms. The Morgan fingerprint density at radius 3 is 2.30 bits per heavy atom. The van der Waals surface area contributed by atoms with Crippen molar-refractivity contribution < 1.29 is 4.74 Å². The second-order valence-corrected chi connectivity index (χ2v) is 4.27. The molecule has 1 atom stereocenters. The van der Waals surface area contributed by atoms with Crippen molar-refractivity contribution in [1.29, 1.82) is 0 Å². The lowest BCUT2D eigenvalue weighted by Gasteiger charge is -2.07. The van der Waals surface area contributed by atoms with Crippen LogP contribution in [0.1, 0.15) is 34.1 Å². The maximum absolute atomic E-state index is 5.50. The van der Waals surface area contributed by atoms with Gasteiger partial charge in [0.15, 0.2) is 0 Å². The summed E-state index contributed by atoms with van der Waals surface area (Å²) >= 11 is 0. The summed E-state index contributed by atoms with van der Waals surface area (Å²) in [4.78, 5) is 0. The van der Waals surface area contributed by atoms with E-state index in [1.165, 1.54) is 6.42 Å². The molecular formula is C9H18O. The van der Waals surface area contributed by atoms with Crippen LogP contribution in [0.3, 0.4) is 0 Å². The Kier molecular flexibility index (Phi) is 2.04. The molecule has 0 bridgehead atoms. The normalized spacial score (nSPS) is 29.1. The monoisotopic (exact) mass is 142 g/mol. The highest BCUT2D eigenvalue weighted by Crippen LogP contribution is 2.51. The first-order valence-electron chi connectivity index (χ1n) is 4.14. The number of hydrogen-bond acceptors (Lipinski definition) is 1. The SMILES string of the molecule is CC(C)OCC1CC1(C)C. The molecule has 1 heteroatoms. The van der Waals surface area contributed by atoms with Crippen molar-refractivity contribution in [1.82, 2.24) is 0 Å². The van der Waals surface area contributed by atoms with E-state index in [0.717, 1.165) is 12.5 Å². The number of rotatable bonds is 3. The predicted octanol–water partition coefficient (Wildman–Crippen LogP) is 2.46. The summed E-state index contributed by atoms with van der Waals surface area (Å²) in [5.41, 5.74) is 0.578. The van der Waals surface area contributed by atoms with Crippen LogP contribution < -0.4 is 0 Å². The second kappa shape index (κ2) is 2.54. The van der Waals surface area contributed by atoms with E-state index in [1.54, 1.807) is 0 Å². The first-order chi connectivity index (χ1) is 4.52. The summed E-state index contributed by atoms with van der Waals surface area (Å²) in [6.45, 7) is 9.76. The van der Waals surface area contributed by atoms with Gasteiger partial charge in [-0.25, -0.2) is 0 Å². The minimum absolute atomic E-state index is 0.399. The molecule has 0 aromatic carbocycles. The van der Waals surface area contributed by atoms with E-state index in [-0.39, 0.29) is 0 Å². The van der Waals surface area contributed by atoms with Crippen LogP contribution in [-0.2, 0) is 4.74 Å². The number of ether oxygens (including phenoxy) is 1. The van der Waals surface area contributed by atoms with Crippen LogP contribution in [0.5, 0.6) is 0 Å². The van der Waals surface area contributed by atoms with Gasteiger partial charge in [0, 0.05) is 0 Å². The van der Waals surface area contributed by atoms with Crippen molar-refractivity contribution in [2.45, 2.75) is 40.2 Å². The largest absolute Gasteiger partial charge is 0.378 e. The van der Waals surface area contributed by atoms with Gasteiger partial charge in [0.25, 0.3) is 0 Å². The highest BCUT2D eigenvalue weighted by molar-refractivity contribution is 4.94. The molecule has 0 saturated heterocycles. The molecule has 60 valence electrons. The fraction of sp³-hybridized carbons (Fsp3) is 1.00. The Morgan fingerprint density at radius 2 is 2.00 bits per heavy atom. The average Bonchev–Trinajstić information content (AvgIpc) is 2.35. The Morgan fingerprint density at radius 1 is 1.50 bits per heavy atom. The van der Waals surface area contributed by atoms with Gasteiger partial charge in [0.1, 0.15) is 0 Å². The smallest absolute Gasteiger partial charge is 0.0519 e. The standard InChI is InChI=1S/C9H18O/c1-7(2)10-6-8-5-9(8,3)4/h7-8H,5-6H2,1-4H3. The van der Waals surface area contributed by atoms with Crippen LogP contribution in [-0.4, -0.2) is 12.7 Å². The van der Waals surface area contributed by atoms with Crippen molar-refractivity contribution in [3.05, 3.63) is 0 Å². The van der Waals surface area contributed by atoms with Crippen LogP contribution in [0.15, 0.2) is 0 Å². The van der Waals surface area contributed by atoms with Crippen LogP contribution >= 0.6 is 0 Å². The van der Waals surface area contributed by atoms with Gasteiger partial charge >= 0.3 is 0 Å². The molecule has 1 aliphatic rings. The molecule has 1 fully saturated rings. The lowest BCUT2D eigenvalue weighted by molar-refractivity contribution is 0.0648. The van der Waals surface area contributed by atoms with Crippen molar-refractivity contribution in [3.63, 3.8) is 0 Å². The van der Waals surface area contributed by atoms with E-state index in [0.29, 0.717) is 11.5 Å². The lowest BCUT2D eigenvalue weighted by Crippen LogP contribution is -2.07. The summed E-state index contributed by atoms with van der Waals surface area (Å²) in [6.07, 6.45) is 1.75. The fourth-order valence-electron chi connectivity index (χ4n) is 1.17. The zero-order chi connectivity index (χ0) is 7.78. The molecular weight excluding hydrogens is 124 g/mol. The molecule has 0 spiro atoms. The molecule has 1 saturated carbocycles. The molecule has 0 aromatic heterocycles. The van der Waals surface area contributed by atoms with Gasteiger partial charge in [0.2, 0.25) is 0 Å². The molecule has 0 N–H and O–H groups in total. The highest BCUT2D eigenvalue weighted by atomic mass is 16.5. The molecule has 1 aliphatic carbocycles. The van der Waals surface area contributed by atoms with Crippen LogP contribution in [0, 0.1) is 11.3 Å². The maximum atomic E-state index is 5.50. The van der Waals surface area contributed by atoms with E-state index in [1.807, 2.05) is 0 Å². The van der Waals surface area contributed by atoms with Gasteiger partial charge < -0.3 is 4.74 Å². The van der Waals surface area contributed by atoms with Gasteiger partial charge in [-0.15, -0.1) is 0 Å². The van der Waals surface area contributed by atoms with Crippen LogP contribution in [0.25, 0.3) is 0 Å². The van der Waals surface area contributed by atoms with Gasteiger partial charge in [0.05, 0.1) is 12.7 Å². The highest BCUT2D eigenvalue weighted by Gasteiger charge is 2.45. The first kappa shape index (κ1) is 8.06. The van der Waals surface area contributed by atoms with Crippen LogP contribution in [0.2, 0.25) is 0 Å². The predicted molar refractivity (Wildman–Crippen MR) is 43.0 cm³/mol. The molecule has 0 aliphatic heterocycles. The summed E-state index contributed by atoms with van der Waals surface area (Å²) in [5, 5.41) is 0. The van der Waals surface area contributed by atoms with E-state index < -0.39 is 0 Å². The topological polar surface area (TPSA) is 9.23 Å². The summed E-state index contributed by atoms with van der Waals surface area (Å²) < 4.78 is 5.50. The second-order valence-electron chi connectivity index (χ2n) is 4.27. The molecule has 0 amide bonds. The third-order valence-electron chi connectivity index (χ3n) is 2.35. The van der Waals surface area contributed by atoms with E-state index in [2.05, 4.69) is 27.7 Å². The average molecular weight is 142 g/mol. The number of hydrogen-bond donors (Lipinski definition) is 0. The Balaban J connectivity index is 2.07. The fourth-order valence-corrected chi connectivity index (χ4v) is 1.17. The maximum Gasteiger partial charge on any atom is 0.0519 e. The summed E-state index contributed by atoms with van der Waals surface area (Å²) in [6, 6.07) is 0. The molecule has 0 radical (unpaired) electrons. The first-order valence-corrected chi connectivity index (χ1v) is 4.14. The van der Waals surface area contributed by atoms with Crippen molar-refractivity contribution in [2.24, 2.45) is 11.3 Å². The Labute approximate surface area is 63.8 Å². The third-order valence-corrected chi connectivity index (χ3v) is 2.35. The molecule has 1 nitrogen and oxygen atoms in total. The minimum Gasteiger partial charge on any atom is -0.378 e. The third kappa shape index (κ3) is 1.98. The van der Waals surface area contributed by atoms with Crippen molar-refractivity contribution >= 4 is 0 Å². The lowest BCUT2D eigenvalue weighted by atomic mass is 10.1. The quantitative estimate of drug-likeness (QED) is 0.588. The molecule has 0 heterocycles. The van der Waals surface area contributed by atoms with Gasteiger partial charge in [-0.1, -0.05) is 13.8 Å². The van der Waals surface area contributed by atoms with E-state index >= 15 is 0 Å². The van der Waals surface area contributed by atoms with Crippen LogP contribution in [0.4, 0.5) is 0 Å². The van der Waals surface area contributed by atoms with E-state index in [4.69, 9.17) is 4.74 Å². The summed E-state index contributed by atoms with van der Waals surface area (Å²) in [5.74, 6) is 0.829. The van der Waals surface area contributed by atoms with Gasteiger partial charge in [-0.2, -0.15) is 0 Å². The Hall–Kier alpha value is -0.0400. The van der Waals surface area contributed by atoms with Gasteiger partial charge in [-0.05, 0) is 31.6 Å².